The molecule has 3 rings (SSSR count). The molecule has 2 nitrogen and oxygen atoms in total. The quantitative estimate of drug-likeness (QED) is 0.758. The van der Waals surface area contributed by atoms with Crippen molar-refractivity contribution in [2.45, 2.75) is 31.7 Å². The standard InChI is InChI=1S/C13H17NO/c15-13-5-3-4-10-11(13)6-7-12(10)14-8-1-2-9-14/h3-5,12,15H,1-2,6-9H2. The van der Waals surface area contributed by atoms with E-state index in [0.29, 0.717) is 11.8 Å². The zero-order chi connectivity index (χ0) is 10.3. The normalized spacial score (nSPS) is 25.7. The van der Waals surface area contributed by atoms with Crippen molar-refractivity contribution in [2.75, 3.05) is 13.1 Å². The van der Waals surface area contributed by atoms with Gasteiger partial charge in [0.05, 0.1) is 0 Å². The maximum Gasteiger partial charge on any atom is 0.119 e. The lowest BCUT2D eigenvalue weighted by Gasteiger charge is -2.24. The topological polar surface area (TPSA) is 23.5 Å². The van der Waals surface area contributed by atoms with Gasteiger partial charge in [-0.25, -0.2) is 0 Å². The van der Waals surface area contributed by atoms with Gasteiger partial charge >= 0.3 is 0 Å². The van der Waals surface area contributed by atoms with Crippen LogP contribution >= 0.6 is 0 Å². The largest absolute Gasteiger partial charge is 0.508 e. The number of benzene rings is 1. The Balaban J connectivity index is 1.94. The van der Waals surface area contributed by atoms with Gasteiger partial charge in [-0.2, -0.15) is 0 Å². The van der Waals surface area contributed by atoms with Gasteiger partial charge in [0.25, 0.3) is 0 Å². The Morgan fingerprint density at radius 1 is 1.20 bits per heavy atom. The highest BCUT2D eigenvalue weighted by atomic mass is 16.3. The molecule has 0 amide bonds. The summed E-state index contributed by atoms with van der Waals surface area (Å²) in [4.78, 5) is 2.57. The van der Waals surface area contributed by atoms with Gasteiger partial charge < -0.3 is 5.11 Å². The highest BCUT2D eigenvalue weighted by molar-refractivity contribution is 5.44. The average Bonchev–Trinajstić information content (AvgIpc) is 2.85. The van der Waals surface area contributed by atoms with Crippen LogP contribution in [0.3, 0.4) is 0 Å². The molecule has 0 bridgehead atoms. The summed E-state index contributed by atoms with van der Waals surface area (Å²) in [6.45, 7) is 2.47. The first-order chi connectivity index (χ1) is 7.36. The maximum absolute atomic E-state index is 9.77. The minimum atomic E-state index is 0.495. The molecular weight excluding hydrogens is 186 g/mol. The first kappa shape index (κ1) is 9.22. The third-order valence-electron chi connectivity index (χ3n) is 3.80. The number of phenolic OH excluding ortho intramolecular Hbond substituents is 1. The summed E-state index contributed by atoms with van der Waals surface area (Å²) >= 11 is 0. The van der Waals surface area contributed by atoms with Crippen molar-refractivity contribution < 1.29 is 5.11 Å². The van der Waals surface area contributed by atoms with E-state index >= 15 is 0 Å². The van der Waals surface area contributed by atoms with Crippen molar-refractivity contribution in [3.63, 3.8) is 0 Å². The van der Waals surface area contributed by atoms with Crippen LogP contribution in [0.4, 0.5) is 0 Å². The van der Waals surface area contributed by atoms with Crippen LogP contribution < -0.4 is 0 Å². The predicted octanol–water partition coefficient (Wildman–Crippen LogP) is 2.48. The van der Waals surface area contributed by atoms with Crippen molar-refractivity contribution >= 4 is 0 Å². The van der Waals surface area contributed by atoms with E-state index in [2.05, 4.69) is 11.0 Å². The summed E-state index contributed by atoms with van der Waals surface area (Å²) in [7, 11) is 0. The van der Waals surface area contributed by atoms with Gasteiger partial charge in [0.2, 0.25) is 0 Å². The van der Waals surface area contributed by atoms with Crippen LogP contribution in [0.15, 0.2) is 18.2 Å². The molecule has 0 spiro atoms. The van der Waals surface area contributed by atoms with Crippen LogP contribution in [0, 0.1) is 0 Å². The minimum absolute atomic E-state index is 0.495. The van der Waals surface area contributed by atoms with Crippen LogP contribution in [0.1, 0.15) is 36.4 Å². The highest BCUT2D eigenvalue weighted by Crippen LogP contribution is 2.40. The molecule has 0 aromatic heterocycles. The molecule has 15 heavy (non-hydrogen) atoms. The summed E-state index contributed by atoms with van der Waals surface area (Å²) < 4.78 is 0. The van der Waals surface area contributed by atoms with E-state index in [4.69, 9.17) is 0 Å². The summed E-state index contributed by atoms with van der Waals surface area (Å²) in [6, 6.07) is 6.55. The second kappa shape index (κ2) is 3.53. The van der Waals surface area contributed by atoms with E-state index in [1.165, 1.54) is 43.5 Å². The van der Waals surface area contributed by atoms with Crippen molar-refractivity contribution in [1.29, 1.82) is 0 Å². The lowest BCUT2D eigenvalue weighted by molar-refractivity contribution is 0.245. The van der Waals surface area contributed by atoms with E-state index in [0.717, 1.165) is 6.42 Å². The van der Waals surface area contributed by atoms with Crippen LogP contribution in [-0.2, 0) is 6.42 Å². The van der Waals surface area contributed by atoms with E-state index in [9.17, 15) is 5.11 Å². The number of rotatable bonds is 1. The van der Waals surface area contributed by atoms with Gasteiger partial charge in [-0.15, -0.1) is 0 Å². The van der Waals surface area contributed by atoms with Crippen LogP contribution in [-0.4, -0.2) is 23.1 Å². The number of aromatic hydroxyl groups is 1. The molecule has 1 fully saturated rings. The Bertz CT molecular complexity index is 369. The highest BCUT2D eigenvalue weighted by Gasteiger charge is 2.30. The smallest absolute Gasteiger partial charge is 0.119 e. The van der Waals surface area contributed by atoms with E-state index in [1.807, 2.05) is 12.1 Å². The van der Waals surface area contributed by atoms with Crippen LogP contribution in [0.2, 0.25) is 0 Å². The Kier molecular flexibility index (Phi) is 2.17. The van der Waals surface area contributed by atoms with E-state index in [1.54, 1.807) is 0 Å². The summed E-state index contributed by atoms with van der Waals surface area (Å²) in [5, 5.41) is 9.77. The first-order valence-electron chi connectivity index (χ1n) is 5.91. The molecule has 0 saturated carbocycles. The average molecular weight is 203 g/mol. The SMILES string of the molecule is Oc1cccc2c1CCC2N1CCCC1. The predicted molar refractivity (Wildman–Crippen MR) is 60.0 cm³/mol. The fourth-order valence-corrected chi connectivity index (χ4v) is 3.05. The Hall–Kier alpha value is -1.02. The molecule has 0 radical (unpaired) electrons. The molecule has 80 valence electrons. The van der Waals surface area contributed by atoms with E-state index in [-0.39, 0.29) is 0 Å². The molecule has 1 aliphatic carbocycles. The number of fused-ring (bicyclic) bond motifs is 1. The first-order valence-corrected chi connectivity index (χ1v) is 5.91. The second-order valence-electron chi connectivity index (χ2n) is 4.64. The fourth-order valence-electron chi connectivity index (χ4n) is 3.05. The molecule has 1 aromatic carbocycles. The number of hydrogen-bond acceptors (Lipinski definition) is 2. The molecule has 1 heterocycles. The Morgan fingerprint density at radius 3 is 2.80 bits per heavy atom. The van der Waals surface area contributed by atoms with Crippen molar-refractivity contribution in [3.05, 3.63) is 29.3 Å². The minimum Gasteiger partial charge on any atom is -0.508 e. The number of nitrogens with zero attached hydrogens (tertiary/aromatic N) is 1. The van der Waals surface area contributed by atoms with Crippen molar-refractivity contribution in [2.24, 2.45) is 0 Å². The molecule has 1 aliphatic heterocycles. The van der Waals surface area contributed by atoms with E-state index < -0.39 is 0 Å². The Morgan fingerprint density at radius 2 is 2.00 bits per heavy atom. The van der Waals surface area contributed by atoms with Crippen molar-refractivity contribution in [3.8, 4) is 5.75 Å². The van der Waals surface area contributed by atoms with Crippen molar-refractivity contribution in [1.82, 2.24) is 4.90 Å². The molecule has 1 atom stereocenters. The van der Waals surface area contributed by atoms with Gasteiger partial charge in [0.15, 0.2) is 0 Å². The summed E-state index contributed by atoms with van der Waals surface area (Å²) in [5.41, 5.74) is 2.56. The molecule has 1 N–H and O–H groups in total. The molecule has 1 unspecified atom stereocenters. The van der Waals surface area contributed by atoms with Crippen LogP contribution in [0.25, 0.3) is 0 Å². The van der Waals surface area contributed by atoms with Crippen LogP contribution in [0.5, 0.6) is 5.75 Å². The van der Waals surface area contributed by atoms with Gasteiger partial charge in [-0.1, -0.05) is 12.1 Å². The zero-order valence-electron chi connectivity index (χ0n) is 8.95. The Labute approximate surface area is 90.5 Å². The lowest BCUT2D eigenvalue weighted by atomic mass is 10.1. The third-order valence-corrected chi connectivity index (χ3v) is 3.80. The third kappa shape index (κ3) is 1.44. The van der Waals surface area contributed by atoms with Gasteiger partial charge in [0, 0.05) is 6.04 Å². The van der Waals surface area contributed by atoms with Gasteiger partial charge in [0.1, 0.15) is 5.75 Å². The molecule has 2 heteroatoms. The zero-order valence-corrected chi connectivity index (χ0v) is 8.95. The number of likely N-dealkylation sites (tertiary alicyclic amines) is 1. The maximum atomic E-state index is 9.77. The fraction of sp³-hybridized carbons (Fsp3) is 0.538. The number of phenols is 1. The molecule has 1 aromatic rings. The summed E-state index contributed by atoms with van der Waals surface area (Å²) in [5.74, 6) is 0.495. The lowest BCUT2D eigenvalue weighted by Crippen LogP contribution is -2.23. The molecule has 2 aliphatic rings. The number of hydrogen-bond donors (Lipinski definition) is 1. The second-order valence-corrected chi connectivity index (χ2v) is 4.64. The van der Waals surface area contributed by atoms with Gasteiger partial charge in [-0.05, 0) is 56.0 Å². The van der Waals surface area contributed by atoms with Gasteiger partial charge in [-0.3, -0.25) is 4.90 Å². The summed E-state index contributed by atoms with van der Waals surface area (Å²) in [6.07, 6.45) is 4.91. The molecule has 1 saturated heterocycles. The monoisotopic (exact) mass is 203 g/mol. The molecular formula is C13H17NO.